The second-order valence-corrected chi connectivity index (χ2v) is 6.74. The third kappa shape index (κ3) is 4.60. The van der Waals surface area contributed by atoms with Gasteiger partial charge in [-0.1, -0.05) is 29.8 Å². The molecule has 1 heterocycles. The molecular formula is C19H16ClF3N2O2. The van der Waals surface area contributed by atoms with Crippen molar-refractivity contribution in [3.63, 3.8) is 0 Å². The Morgan fingerprint density at radius 3 is 2.44 bits per heavy atom. The van der Waals surface area contributed by atoms with Crippen molar-refractivity contribution in [2.75, 3.05) is 11.9 Å². The predicted octanol–water partition coefficient (Wildman–Crippen LogP) is 4.35. The Morgan fingerprint density at radius 1 is 1.15 bits per heavy atom. The van der Waals surface area contributed by atoms with Gasteiger partial charge < -0.3 is 10.2 Å². The Kier molecular flexibility index (Phi) is 5.41. The number of carbonyl (C=O) groups excluding carboxylic acids is 2. The maximum atomic E-state index is 12.6. The number of rotatable bonds is 4. The zero-order valence-corrected chi connectivity index (χ0v) is 14.8. The van der Waals surface area contributed by atoms with E-state index in [2.05, 4.69) is 5.32 Å². The molecule has 0 unspecified atom stereocenters. The van der Waals surface area contributed by atoms with E-state index in [-0.39, 0.29) is 24.6 Å². The Labute approximate surface area is 158 Å². The first-order valence-corrected chi connectivity index (χ1v) is 8.61. The number of nitrogens with zero attached hydrogens (tertiary/aromatic N) is 1. The number of benzene rings is 2. The Bertz CT molecular complexity index is 853. The molecule has 1 aliphatic heterocycles. The van der Waals surface area contributed by atoms with E-state index in [1.165, 1.54) is 12.1 Å². The molecule has 0 spiro atoms. The Balaban J connectivity index is 1.61. The number of hydrogen-bond donors (Lipinski definition) is 1. The van der Waals surface area contributed by atoms with E-state index in [1.807, 2.05) is 12.1 Å². The molecule has 3 rings (SSSR count). The van der Waals surface area contributed by atoms with Crippen molar-refractivity contribution in [2.24, 2.45) is 5.92 Å². The van der Waals surface area contributed by atoms with E-state index in [0.29, 0.717) is 11.6 Å². The number of amides is 2. The number of nitrogens with one attached hydrogen (secondary N) is 1. The zero-order valence-electron chi connectivity index (χ0n) is 14.1. The summed E-state index contributed by atoms with van der Waals surface area (Å²) >= 11 is 6.10. The van der Waals surface area contributed by atoms with Crippen LogP contribution < -0.4 is 5.32 Å². The van der Waals surface area contributed by atoms with Crippen LogP contribution in [0.25, 0.3) is 0 Å². The molecule has 0 radical (unpaired) electrons. The smallest absolute Gasteiger partial charge is 0.337 e. The van der Waals surface area contributed by atoms with Crippen molar-refractivity contribution >= 4 is 29.1 Å². The molecule has 0 aliphatic carbocycles. The summed E-state index contributed by atoms with van der Waals surface area (Å²) in [6, 6.07) is 11.3. The summed E-state index contributed by atoms with van der Waals surface area (Å²) in [5.74, 6) is -1.13. The van der Waals surface area contributed by atoms with E-state index in [9.17, 15) is 22.8 Å². The Morgan fingerprint density at radius 2 is 1.81 bits per heavy atom. The first-order valence-electron chi connectivity index (χ1n) is 8.23. The molecular weight excluding hydrogens is 381 g/mol. The molecule has 2 amide bonds. The van der Waals surface area contributed by atoms with Crippen LogP contribution in [0, 0.1) is 5.92 Å². The first kappa shape index (κ1) is 19.2. The molecule has 0 aromatic heterocycles. The second-order valence-electron chi connectivity index (χ2n) is 6.33. The lowest BCUT2D eigenvalue weighted by Gasteiger charge is -2.17. The van der Waals surface area contributed by atoms with Crippen LogP contribution in [0.5, 0.6) is 0 Å². The van der Waals surface area contributed by atoms with Gasteiger partial charge in [0, 0.05) is 30.2 Å². The third-order valence-corrected chi connectivity index (χ3v) is 4.75. The van der Waals surface area contributed by atoms with Crippen LogP contribution in [0.2, 0.25) is 5.02 Å². The van der Waals surface area contributed by atoms with Gasteiger partial charge in [-0.2, -0.15) is 13.2 Å². The number of halogens is 4. The number of alkyl halides is 3. The summed E-state index contributed by atoms with van der Waals surface area (Å²) in [6.45, 7) is 0.541. The van der Waals surface area contributed by atoms with E-state index >= 15 is 0 Å². The number of carbonyl (C=O) groups is 2. The minimum Gasteiger partial charge on any atom is -0.337 e. The van der Waals surface area contributed by atoms with E-state index in [0.717, 1.165) is 17.7 Å². The SMILES string of the molecule is O=C(Nc1ccc(C(F)(F)F)cc1)[C@H]1CC(=O)N(Cc2ccccc2Cl)C1. The summed E-state index contributed by atoms with van der Waals surface area (Å²) in [6.07, 6.45) is -4.38. The largest absolute Gasteiger partial charge is 0.416 e. The maximum Gasteiger partial charge on any atom is 0.416 e. The van der Waals surface area contributed by atoms with Crippen LogP contribution in [0.1, 0.15) is 17.5 Å². The molecule has 1 N–H and O–H groups in total. The van der Waals surface area contributed by atoms with Gasteiger partial charge in [-0.3, -0.25) is 9.59 Å². The Hall–Kier alpha value is -2.54. The highest BCUT2D eigenvalue weighted by atomic mass is 35.5. The minimum atomic E-state index is -4.43. The van der Waals surface area contributed by atoms with Gasteiger partial charge in [-0.05, 0) is 35.9 Å². The fourth-order valence-electron chi connectivity index (χ4n) is 2.92. The molecule has 0 bridgehead atoms. The first-order chi connectivity index (χ1) is 12.7. The topological polar surface area (TPSA) is 49.4 Å². The van der Waals surface area contributed by atoms with Crippen LogP contribution in [-0.2, 0) is 22.3 Å². The fraction of sp³-hybridized carbons (Fsp3) is 0.263. The summed E-state index contributed by atoms with van der Waals surface area (Å²) in [7, 11) is 0. The molecule has 1 fully saturated rings. The normalized spacial score (nSPS) is 17.3. The number of anilines is 1. The van der Waals surface area contributed by atoms with Crippen molar-refractivity contribution in [2.45, 2.75) is 19.1 Å². The molecule has 8 heteroatoms. The average molecular weight is 397 g/mol. The molecule has 0 saturated carbocycles. The van der Waals surface area contributed by atoms with Crippen LogP contribution in [-0.4, -0.2) is 23.3 Å². The van der Waals surface area contributed by atoms with E-state index < -0.39 is 23.6 Å². The van der Waals surface area contributed by atoms with Crippen LogP contribution in [0.4, 0.5) is 18.9 Å². The quantitative estimate of drug-likeness (QED) is 0.835. The average Bonchev–Trinajstić information content (AvgIpc) is 2.97. The molecule has 1 atom stereocenters. The van der Waals surface area contributed by atoms with Crippen molar-refractivity contribution in [3.05, 3.63) is 64.7 Å². The molecule has 2 aromatic rings. The van der Waals surface area contributed by atoms with Gasteiger partial charge in [-0.15, -0.1) is 0 Å². The lowest BCUT2D eigenvalue weighted by Crippen LogP contribution is -2.28. The number of hydrogen-bond acceptors (Lipinski definition) is 2. The fourth-order valence-corrected chi connectivity index (χ4v) is 3.12. The van der Waals surface area contributed by atoms with Gasteiger partial charge in [0.2, 0.25) is 11.8 Å². The predicted molar refractivity (Wildman–Crippen MR) is 95.0 cm³/mol. The molecule has 4 nitrogen and oxygen atoms in total. The van der Waals surface area contributed by atoms with Crippen LogP contribution >= 0.6 is 11.6 Å². The molecule has 27 heavy (non-hydrogen) atoms. The summed E-state index contributed by atoms with van der Waals surface area (Å²) in [4.78, 5) is 26.1. The number of likely N-dealkylation sites (tertiary alicyclic amines) is 1. The molecule has 1 saturated heterocycles. The molecule has 1 aliphatic rings. The zero-order chi connectivity index (χ0) is 19.6. The second kappa shape index (κ2) is 7.60. The highest BCUT2D eigenvalue weighted by Gasteiger charge is 2.35. The van der Waals surface area contributed by atoms with Crippen molar-refractivity contribution in [1.29, 1.82) is 0 Å². The lowest BCUT2D eigenvalue weighted by atomic mass is 10.1. The summed E-state index contributed by atoms with van der Waals surface area (Å²) < 4.78 is 37.7. The van der Waals surface area contributed by atoms with Gasteiger partial charge in [0.25, 0.3) is 0 Å². The lowest BCUT2D eigenvalue weighted by molar-refractivity contribution is -0.137. The van der Waals surface area contributed by atoms with Gasteiger partial charge in [0.15, 0.2) is 0 Å². The van der Waals surface area contributed by atoms with Gasteiger partial charge in [0.05, 0.1) is 11.5 Å². The standard InChI is InChI=1S/C19H16ClF3N2O2/c20-16-4-2-1-3-12(16)10-25-11-13(9-17(25)26)18(27)24-15-7-5-14(6-8-15)19(21,22)23/h1-8,13H,9-11H2,(H,24,27)/t13-/m0/s1. The van der Waals surface area contributed by atoms with Gasteiger partial charge in [0.1, 0.15) is 0 Å². The van der Waals surface area contributed by atoms with Crippen molar-refractivity contribution in [1.82, 2.24) is 4.90 Å². The third-order valence-electron chi connectivity index (χ3n) is 4.38. The minimum absolute atomic E-state index is 0.0525. The highest BCUT2D eigenvalue weighted by Crippen LogP contribution is 2.30. The summed E-state index contributed by atoms with van der Waals surface area (Å²) in [5, 5.41) is 3.11. The molecule has 2 aromatic carbocycles. The van der Waals surface area contributed by atoms with Crippen LogP contribution in [0.3, 0.4) is 0 Å². The van der Waals surface area contributed by atoms with Gasteiger partial charge >= 0.3 is 6.18 Å². The van der Waals surface area contributed by atoms with E-state index in [4.69, 9.17) is 11.6 Å². The summed E-state index contributed by atoms with van der Waals surface area (Å²) in [5.41, 5.74) is 0.253. The van der Waals surface area contributed by atoms with Gasteiger partial charge in [-0.25, -0.2) is 0 Å². The van der Waals surface area contributed by atoms with Crippen molar-refractivity contribution in [3.8, 4) is 0 Å². The molecule has 142 valence electrons. The van der Waals surface area contributed by atoms with E-state index in [1.54, 1.807) is 17.0 Å². The highest BCUT2D eigenvalue weighted by molar-refractivity contribution is 6.31. The monoisotopic (exact) mass is 396 g/mol. The van der Waals surface area contributed by atoms with Crippen molar-refractivity contribution < 1.29 is 22.8 Å². The maximum absolute atomic E-state index is 12.6. The van der Waals surface area contributed by atoms with Crippen LogP contribution in [0.15, 0.2) is 48.5 Å².